The molecule has 0 unspecified atom stereocenters. The Hall–Kier alpha value is -3.95. The summed E-state index contributed by atoms with van der Waals surface area (Å²) in [5, 5.41) is 0. The van der Waals surface area contributed by atoms with Crippen molar-refractivity contribution in [3.8, 4) is 0 Å². The number of nitrogens with one attached hydrogen (secondary N) is 1. The molecular weight excluding hydrogens is 527 g/mol. The van der Waals surface area contributed by atoms with Crippen LogP contribution in [0.5, 0.6) is 0 Å². The van der Waals surface area contributed by atoms with Gasteiger partial charge in [-0.25, -0.2) is 27.5 Å². The number of carbonyl (C=O) groups excluding carboxylic acids is 1. The van der Waals surface area contributed by atoms with Crippen LogP contribution in [0, 0.1) is 18.7 Å². The van der Waals surface area contributed by atoms with Crippen LogP contribution in [0.15, 0.2) is 90.1 Å². The Morgan fingerprint density at radius 1 is 1.02 bits per heavy atom. The minimum Gasteiger partial charge on any atom is -0.308 e. The average Bonchev–Trinajstić information content (AvgIpc) is 3.68. The number of nitrogens with zero attached hydrogens (tertiary/aromatic N) is 3. The lowest BCUT2D eigenvalue weighted by Crippen LogP contribution is -2.32. The molecule has 4 aromatic rings. The highest BCUT2D eigenvalue weighted by atomic mass is 32.2. The van der Waals surface area contributed by atoms with E-state index in [4.69, 9.17) is 0 Å². The van der Waals surface area contributed by atoms with Crippen molar-refractivity contribution in [2.24, 2.45) is 5.92 Å². The molecule has 1 saturated carbocycles. The molecule has 1 heterocycles. The fourth-order valence-electron chi connectivity index (χ4n) is 5.47. The summed E-state index contributed by atoms with van der Waals surface area (Å²) in [5.74, 6) is 0.228. The first-order valence-electron chi connectivity index (χ1n) is 13.3. The molecule has 1 aromatic heterocycles. The summed E-state index contributed by atoms with van der Waals surface area (Å²) in [6, 6.07) is 20.2. The molecule has 0 aliphatic heterocycles. The highest BCUT2D eigenvalue weighted by molar-refractivity contribution is 7.89. The first-order chi connectivity index (χ1) is 19.3. The van der Waals surface area contributed by atoms with Gasteiger partial charge in [-0.05, 0) is 85.2 Å². The normalized spacial score (nSPS) is 19.7. The second-order valence-electron chi connectivity index (χ2n) is 10.5. The summed E-state index contributed by atoms with van der Waals surface area (Å²) in [4.78, 5) is 24.3. The number of aromatic nitrogens is 2. The number of sulfonamides is 1. The average molecular weight is 557 g/mol. The Kier molecular flexibility index (Phi) is 6.93. The Morgan fingerprint density at radius 2 is 1.75 bits per heavy atom. The molecule has 2 aliphatic carbocycles. The van der Waals surface area contributed by atoms with Crippen LogP contribution in [-0.4, -0.2) is 24.3 Å². The summed E-state index contributed by atoms with van der Waals surface area (Å²) in [5.41, 5.74) is 4.55. The molecule has 3 aromatic carbocycles. The van der Waals surface area contributed by atoms with Crippen LogP contribution in [0.2, 0.25) is 0 Å². The number of benzene rings is 3. The Morgan fingerprint density at radius 3 is 2.48 bits per heavy atom. The highest BCUT2D eigenvalue weighted by Gasteiger charge is 2.46. The zero-order valence-electron chi connectivity index (χ0n) is 22.0. The van der Waals surface area contributed by atoms with Gasteiger partial charge in [-0.2, -0.15) is 0 Å². The van der Waals surface area contributed by atoms with Gasteiger partial charge in [-0.1, -0.05) is 36.4 Å². The second kappa shape index (κ2) is 10.6. The Bertz CT molecular complexity index is 1640. The van der Waals surface area contributed by atoms with E-state index in [0.29, 0.717) is 30.9 Å². The summed E-state index contributed by atoms with van der Waals surface area (Å²) >= 11 is 0. The highest BCUT2D eigenvalue weighted by Crippen LogP contribution is 2.49. The molecule has 6 rings (SSSR count). The lowest BCUT2D eigenvalue weighted by molar-refractivity contribution is -0.120. The largest absolute Gasteiger partial charge is 0.308 e. The van der Waals surface area contributed by atoms with E-state index >= 15 is 0 Å². The van der Waals surface area contributed by atoms with Gasteiger partial charge in [-0.3, -0.25) is 4.79 Å². The molecule has 2 aliphatic rings. The number of halogens is 1. The minimum atomic E-state index is -3.86. The molecule has 9 heteroatoms. The van der Waals surface area contributed by atoms with Crippen molar-refractivity contribution in [3.05, 3.63) is 119 Å². The standard InChI is InChI=1S/C31H29FN4O3S/c1-20-33-17-21(18-34-20)19-36(31(37)29-16-27(29)22-5-3-2-4-6-22)25-11-7-23-8-14-30(28(23)15-25)35-40(38,39)26-12-9-24(32)10-13-26/h2-7,9-13,15,17-18,27,29-30,35H,8,14,16,19H2,1H3/t27-,29-,30+/m1/s1. The van der Waals surface area contributed by atoms with Crippen LogP contribution < -0.4 is 9.62 Å². The molecule has 0 bridgehead atoms. The molecular formula is C31H29FN4O3S. The van der Waals surface area contributed by atoms with Crippen LogP contribution in [0.25, 0.3) is 0 Å². The fourth-order valence-corrected chi connectivity index (χ4v) is 6.72. The Balaban J connectivity index is 1.29. The molecule has 40 heavy (non-hydrogen) atoms. The van der Waals surface area contributed by atoms with E-state index in [1.807, 2.05) is 43.3 Å². The first kappa shape index (κ1) is 26.3. The van der Waals surface area contributed by atoms with E-state index in [-0.39, 0.29) is 22.6 Å². The molecule has 1 N–H and O–H groups in total. The van der Waals surface area contributed by atoms with Gasteiger partial charge in [0.1, 0.15) is 11.6 Å². The van der Waals surface area contributed by atoms with Gasteiger partial charge in [0.15, 0.2) is 0 Å². The fraction of sp³-hybridized carbons (Fsp3) is 0.258. The molecule has 204 valence electrons. The van der Waals surface area contributed by atoms with Crippen molar-refractivity contribution in [2.45, 2.75) is 49.6 Å². The van der Waals surface area contributed by atoms with Crippen LogP contribution in [-0.2, 0) is 27.8 Å². The van der Waals surface area contributed by atoms with E-state index in [1.54, 1.807) is 17.3 Å². The van der Waals surface area contributed by atoms with Gasteiger partial charge in [0.2, 0.25) is 15.9 Å². The van der Waals surface area contributed by atoms with Crippen molar-refractivity contribution in [2.75, 3.05) is 4.90 Å². The third-order valence-corrected chi connectivity index (χ3v) is 9.20. The maximum absolute atomic E-state index is 13.9. The number of rotatable bonds is 8. The maximum Gasteiger partial charge on any atom is 0.241 e. The summed E-state index contributed by atoms with van der Waals surface area (Å²) in [6.07, 6.45) is 5.56. The van der Waals surface area contributed by atoms with Crippen LogP contribution >= 0.6 is 0 Å². The number of hydrogen-bond donors (Lipinski definition) is 1. The number of hydrogen-bond acceptors (Lipinski definition) is 5. The molecule has 0 saturated heterocycles. The summed E-state index contributed by atoms with van der Waals surface area (Å²) in [6.45, 7) is 2.12. The number of aryl methyl sites for hydroxylation is 2. The van der Waals surface area contributed by atoms with Crippen LogP contribution in [0.3, 0.4) is 0 Å². The maximum atomic E-state index is 13.9. The van der Waals surface area contributed by atoms with E-state index in [0.717, 1.165) is 40.8 Å². The van der Waals surface area contributed by atoms with Gasteiger partial charge in [0.05, 0.1) is 11.4 Å². The van der Waals surface area contributed by atoms with Crippen molar-refractivity contribution in [3.63, 3.8) is 0 Å². The third-order valence-electron chi connectivity index (χ3n) is 7.72. The number of anilines is 1. The monoisotopic (exact) mass is 556 g/mol. The molecule has 1 fully saturated rings. The lowest BCUT2D eigenvalue weighted by atomic mass is 10.1. The van der Waals surface area contributed by atoms with Crippen molar-refractivity contribution in [1.29, 1.82) is 0 Å². The number of amides is 1. The zero-order valence-corrected chi connectivity index (χ0v) is 22.8. The van der Waals surface area contributed by atoms with Crippen LogP contribution in [0.1, 0.15) is 52.9 Å². The summed E-state index contributed by atoms with van der Waals surface area (Å²) < 4.78 is 42.3. The SMILES string of the molecule is Cc1ncc(CN(C(=O)[C@@H]2C[C@@H]2c2ccccc2)c2ccc3c(c2)[C@@H](NS(=O)(=O)c2ccc(F)cc2)CC3)cn1. The van der Waals surface area contributed by atoms with Gasteiger partial charge in [-0.15, -0.1) is 0 Å². The van der Waals surface area contributed by atoms with E-state index in [1.165, 1.54) is 12.1 Å². The molecule has 0 spiro atoms. The lowest BCUT2D eigenvalue weighted by Gasteiger charge is -2.25. The molecule has 0 radical (unpaired) electrons. The third kappa shape index (κ3) is 5.39. The zero-order chi connectivity index (χ0) is 27.9. The first-order valence-corrected chi connectivity index (χ1v) is 14.8. The molecule has 1 amide bonds. The topological polar surface area (TPSA) is 92.3 Å². The second-order valence-corrected chi connectivity index (χ2v) is 12.2. The van der Waals surface area contributed by atoms with Gasteiger partial charge in [0.25, 0.3) is 0 Å². The van der Waals surface area contributed by atoms with Gasteiger partial charge in [0, 0.05) is 35.6 Å². The van der Waals surface area contributed by atoms with Gasteiger partial charge >= 0.3 is 0 Å². The van der Waals surface area contributed by atoms with Crippen molar-refractivity contribution in [1.82, 2.24) is 14.7 Å². The van der Waals surface area contributed by atoms with Crippen LogP contribution in [0.4, 0.5) is 10.1 Å². The van der Waals surface area contributed by atoms with Crippen molar-refractivity contribution < 1.29 is 17.6 Å². The van der Waals surface area contributed by atoms with E-state index < -0.39 is 21.9 Å². The van der Waals surface area contributed by atoms with E-state index in [9.17, 15) is 17.6 Å². The van der Waals surface area contributed by atoms with Gasteiger partial charge < -0.3 is 4.90 Å². The molecule has 7 nitrogen and oxygen atoms in total. The van der Waals surface area contributed by atoms with Crippen molar-refractivity contribution >= 4 is 21.6 Å². The summed E-state index contributed by atoms with van der Waals surface area (Å²) in [7, 11) is -3.86. The quantitative estimate of drug-likeness (QED) is 0.321. The molecule has 3 atom stereocenters. The number of fused-ring (bicyclic) bond motifs is 1. The minimum absolute atomic E-state index is 0.00960. The predicted octanol–water partition coefficient (Wildman–Crippen LogP) is 5.23. The Labute approximate surface area is 233 Å². The predicted molar refractivity (Wildman–Crippen MR) is 149 cm³/mol. The smallest absolute Gasteiger partial charge is 0.241 e. The number of carbonyl (C=O) groups is 1. The van der Waals surface area contributed by atoms with E-state index in [2.05, 4.69) is 26.8 Å².